The normalized spacial score (nSPS) is 14.9. The number of nitrogens with one attached hydrogen (secondary N) is 3. The van der Waals surface area contributed by atoms with Gasteiger partial charge in [0.25, 0.3) is 5.91 Å². The Hall–Kier alpha value is -4.21. The Bertz CT molecular complexity index is 1160. The molecule has 3 N–H and O–H groups in total. The second-order valence-electron chi connectivity index (χ2n) is 8.41. The van der Waals surface area contributed by atoms with Crippen LogP contribution in [0, 0.1) is 0 Å². The number of esters is 1. The molecular weight excluding hydrogens is 440 g/mol. The van der Waals surface area contributed by atoms with Crippen molar-refractivity contribution < 1.29 is 28.7 Å². The maximum atomic E-state index is 13.4. The summed E-state index contributed by atoms with van der Waals surface area (Å²) in [5.74, 6) is -2.53. The predicted molar refractivity (Wildman–Crippen MR) is 127 cm³/mol. The van der Waals surface area contributed by atoms with Gasteiger partial charge in [-0.25, -0.2) is 4.79 Å². The van der Waals surface area contributed by atoms with Crippen molar-refractivity contribution in [1.82, 2.24) is 0 Å². The van der Waals surface area contributed by atoms with E-state index in [2.05, 4.69) is 16.0 Å². The molecule has 0 aromatic heterocycles. The molecule has 0 saturated carbocycles. The highest BCUT2D eigenvalue weighted by atomic mass is 16.5. The lowest BCUT2D eigenvalue weighted by Crippen LogP contribution is -2.60. The van der Waals surface area contributed by atoms with E-state index in [0.29, 0.717) is 11.4 Å². The molecule has 0 saturated heterocycles. The fourth-order valence-corrected chi connectivity index (χ4v) is 3.60. The monoisotopic (exact) mass is 466 g/mol. The van der Waals surface area contributed by atoms with Crippen LogP contribution in [0.15, 0.2) is 42.5 Å². The van der Waals surface area contributed by atoms with E-state index in [-0.39, 0.29) is 34.7 Å². The maximum absolute atomic E-state index is 13.4. The maximum Gasteiger partial charge on any atom is 0.339 e. The molecule has 3 rings (SSSR count). The Balaban J connectivity index is 1.88. The van der Waals surface area contributed by atoms with Gasteiger partial charge in [0.05, 0.1) is 16.9 Å². The van der Waals surface area contributed by atoms with Crippen LogP contribution in [0.5, 0.6) is 0 Å². The van der Waals surface area contributed by atoms with Crippen molar-refractivity contribution >= 4 is 52.3 Å². The van der Waals surface area contributed by atoms with Gasteiger partial charge < -0.3 is 20.7 Å². The molecule has 1 unspecified atom stereocenters. The number of rotatable bonds is 5. The van der Waals surface area contributed by atoms with Crippen molar-refractivity contribution in [2.75, 3.05) is 20.9 Å². The zero-order valence-corrected chi connectivity index (χ0v) is 19.5. The predicted octanol–water partition coefficient (Wildman–Crippen LogP) is 2.91. The van der Waals surface area contributed by atoms with Crippen molar-refractivity contribution in [3.63, 3.8) is 0 Å². The van der Waals surface area contributed by atoms with Crippen LogP contribution in [-0.4, -0.2) is 41.2 Å². The minimum Gasteiger partial charge on any atom is -0.449 e. The van der Waals surface area contributed by atoms with Crippen LogP contribution < -0.4 is 20.9 Å². The van der Waals surface area contributed by atoms with Crippen LogP contribution in [0.1, 0.15) is 45.0 Å². The minimum atomic E-state index is -1.24. The van der Waals surface area contributed by atoms with Gasteiger partial charge in [-0.2, -0.15) is 0 Å². The summed E-state index contributed by atoms with van der Waals surface area (Å²) >= 11 is 0. The molecule has 34 heavy (non-hydrogen) atoms. The summed E-state index contributed by atoms with van der Waals surface area (Å²) in [6.45, 7) is 7.22. The standard InChI is InChI=1S/C24H26N4O6/c1-13(21(31)28-20-9-7-6-8-19(20)27-23(33)24(28,4)5)34-22(32)16-10-17(25-14(2)29)12-18(11-16)26-15(3)30/h6-13H,1-5H3,(H,25,29)(H,26,30)(H,27,33). The number of hydrogen-bond donors (Lipinski definition) is 3. The first-order chi connectivity index (χ1) is 15.9. The number of fused-ring (bicyclic) bond motifs is 1. The highest BCUT2D eigenvalue weighted by Gasteiger charge is 2.45. The highest BCUT2D eigenvalue weighted by molar-refractivity contribution is 6.15. The summed E-state index contributed by atoms with van der Waals surface area (Å²) in [6.07, 6.45) is -1.24. The number of amides is 4. The molecule has 10 heteroatoms. The van der Waals surface area contributed by atoms with E-state index < -0.39 is 23.5 Å². The van der Waals surface area contributed by atoms with Crippen LogP contribution in [0.3, 0.4) is 0 Å². The zero-order valence-electron chi connectivity index (χ0n) is 19.5. The molecule has 0 spiro atoms. The summed E-state index contributed by atoms with van der Waals surface area (Å²) in [5.41, 5.74) is 0.295. The van der Waals surface area contributed by atoms with Gasteiger partial charge in [-0.05, 0) is 51.1 Å². The van der Waals surface area contributed by atoms with Gasteiger partial charge in [0.15, 0.2) is 6.10 Å². The Morgan fingerprint density at radius 3 is 2.09 bits per heavy atom. The summed E-state index contributed by atoms with van der Waals surface area (Å²) < 4.78 is 5.43. The molecule has 4 amide bonds. The first-order valence-electron chi connectivity index (χ1n) is 10.6. The number of carbonyl (C=O) groups excluding carboxylic acids is 5. The Labute approximate surface area is 196 Å². The summed E-state index contributed by atoms with van der Waals surface area (Å²) in [6, 6.07) is 11.1. The lowest BCUT2D eigenvalue weighted by atomic mass is 9.95. The van der Waals surface area contributed by atoms with E-state index in [1.807, 2.05) is 0 Å². The van der Waals surface area contributed by atoms with Crippen LogP contribution in [0.25, 0.3) is 0 Å². The number of anilines is 4. The smallest absolute Gasteiger partial charge is 0.339 e. The SMILES string of the molecule is CC(=O)Nc1cc(NC(C)=O)cc(C(=O)OC(C)C(=O)N2c3ccccc3NC(=O)C2(C)C)c1. The molecule has 1 aliphatic heterocycles. The first-order valence-corrected chi connectivity index (χ1v) is 10.6. The van der Waals surface area contributed by atoms with Gasteiger partial charge in [0, 0.05) is 25.2 Å². The third-order valence-electron chi connectivity index (χ3n) is 5.17. The van der Waals surface area contributed by atoms with Crippen LogP contribution in [-0.2, 0) is 23.9 Å². The molecule has 0 bridgehead atoms. The lowest BCUT2D eigenvalue weighted by molar-refractivity contribution is -0.131. The van der Waals surface area contributed by atoms with E-state index in [9.17, 15) is 24.0 Å². The fraction of sp³-hybridized carbons (Fsp3) is 0.292. The van der Waals surface area contributed by atoms with E-state index in [1.165, 1.54) is 43.9 Å². The molecule has 178 valence electrons. The number of hydrogen-bond acceptors (Lipinski definition) is 6. The molecule has 0 aliphatic carbocycles. The Morgan fingerprint density at radius 1 is 0.971 bits per heavy atom. The zero-order chi connectivity index (χ0) is 25.2. The van der Waals surface area contributed by atoms with Gasteiger partial charge in [0.2, 0.25) is 17.7 Å². The fourth-order valence-electron chi connectivity index (χ4n) is 3.60. The highest BCUT2D eigenvalue weighted by Crippen LogP contribution is 2.37. The number of benzene rings is 2. The summed E-state index contributed by atoms with van der Waals surface area (Å²) in [5, 5.41) is 7.88. The van der Waals surface area contributed by atoms with Crippen molar-refractivity contribution in [3.05, 3.63) is 48.0 Å². The number of nitrogens with zero attached hydrogens (tertiary/aromatic N) is 1. The van der Waals surface area contributed by atoms with Gasteiger partial charge in [-0.15, -0.1) is 0 Å². The summed E-state index contributed by atoms with van der Waals surface area (Å²) in [7, 11) is 0. The number of carbonyl (C=O) groups is 5. The minimum absolute atomic E-state index is 0.0192. The average Bonchev–Trinajstić information content (AvgIpc) is 2.72. The van der Waals surface area contributed by atoms with Crippen LogP contribution in [0.4, 0.5) is 22.7 Å². The second kappa shape index (κ2) is 9.34. The molecule has 0 radical (unpaired) electrons. The molecule has 2 aromatic rings. The largest absolute Gasteiger partial charge is 0.449 e. The van der Waals surface area contributed by atoms with Crippen molar-refractivity contribution in [2.24, 2.45) is 0 Å². The Morgan fingerprint density at radius 2 is 1.53 bits per heavy atom. The van der Waals surface area contributed by atoms with Crippen LogP contribution >= 0.6 is 0 Å². The number of ether oxygens (including phenoxy) is 1. The van der Waals surface area contributed by atoms with Gasteiger partial charge >= 0.3 is 5.97 Å². The van der Waals surface area contributed by atoms with E-state index >= 15 is 0 Å². The molecule has 1 atom stereocenters. The van der Waals surface area contributed by atoms with Gasteiger partial charge in [-0.1, -0.05) is 12.1 Å². The molecule has 2 aromatic carbocycles. The lowest BCUT2D eigenvalue weighted by Gasteiger charge is -2.42. The molecule has 10 nitrogen and oxygen atoms in total. The Kier molecular flexibility index (Phi) is 6.71. The van der Waals surface area contributed by atoms with E-state index in [1.54, 1.807) is 38.1 Å². The first kappa shape index (κ1) is 24.4. The molecule has 0 fully saturated rings. The van der Waals surface area contributed by atoms with Crippen molar-refractivity contribution in [2.45, 2.75) is 46.3 Å². The quantitative estimate of drug-likeness (QED) is 0.580. The third-order valence-corrected chi connectivity index (χ3v) is 5.17. The van der Waals surface area contributed by atoms with Crippen LogP contribution in [0.2, 0.25) is 0 Å². The van der Waals surface area contributed by atoms with Gasteiger partial charge in [0.1, 0.15) is 5.54 Å². The third kappa shape index (κ3) is 5.06. The van der Waals surface area contributed by atoms with E-state index in [4.69, 9.17) is 4.74 Å². The van der Waals surface area contributed by atoms with E-state index in [0.717, 1.165) is 0 Å². The van der Waals surface area contributed by atoms with Crippen molar-refractivity contribution in [3.8, 4) is 0 Å². The van der Waals surface area contributed by atoms with Crippen molar-refractivity contribution in [1.29, 1.82) is 0 Å². The average molecular weight is 466 g/mol. The number of para-hydroxylation sites is 2. The summed E-state index contributed by atoms with van der Waals surface area (Å²) in [4.78, 5) is 63.1. The second-order valence-corrected chi connectivity index (χ2v) is 8.41. The molecular formula is C24H26N4O6. The van der Waals surface area contributed by atoms with Gasteiger partial charge in [-0.3, -0.25) is 24.1 Å². The molecule has 1 aliphatic rings. The topological polar surface area (TPSA) is 134 Å². The molecule has 1 heterocycles.